The topological polar surface area (TPSA) is 108 Å². The minimum atomic E-state index is -0.833. The van der Waals surface area contributed by atoms with Crippen LogP contribution in [-0.4, -0.2) is 53.0 Å². The van der Waals surface area contributed by atoms with Gasteiger partial charge in [0.2, 0.25) is 5.91 Å². The number of aromatic hydroxyl groups is 1. The predicted molar refractivity (Wildman–Crippen MR) is 76.7 cm³/mol. The minimum Gasteiger partial charge on any atom is -0.508 e. The molecule has 21 heavy (non-hydrogen) atoms. The van der Waals surface area contributed by atoms with Crippen LogP contribution < -0.4 is 5.73 Å². The number of rotatable bonds is 5. The highest BCUT2D eigenvalue weighted by atomic mass is 16.6. The smallest absolute Gasteiger partial charge is 0.235 e. The van der Waals surface area contributed by atoms with Gasteiger partial charge in [-0.05, 0) is 17.7 Å². The molecule has 0 aromatic heterocycles. The summed E-state index contributed by atoms with van der Waals surface area (Å²) in [7, 11) is 1.44. The average Bonchev–Trinajstić information content (AvgIpc) is 2.82. The molecule has 1 aromatic carbocycles. The molecule has 1 fully saturated rings. The Bertz CT molecular complexity index is 547. The summed E-state index contributed by atoms with van der Waals surface area (Å²) >= 11 is 0. The van der Waals surface area contributed by atoms with Crippen molar-refractivity contribution in [2.24, 2.45) is 10.9 Å². The SMILES string of the molecule is CON=C1CC(C(N)=O)N(CC(O)c2cccc(O)c2)C1. The van der Waals surface area contributed by atoms with Crippen molar-refractivity contribution in [3.8, 4) is 5.75 Å². The molecular formula is C14H19N3O4. The number of aliphatic hydroxyl groups excluding tert-OH is 1. The van der Waals surface area contributed by atoms with Gasteiger partial charge in [0.15, 0.2) is 0 Å². The first kappa shape index (κ1) is 15.3. The molecule has 4 N–H and O–H groups in total. The van der Waals surface area contributed by atoms with Crippen LogP contribution in [0.25, 0.3) is 0 Å². The largest absolute Gasteiger partial charge is 0.508 e. The zero-order valence-corrected chi connectivity index (χ0v) is 11.8. The Kier molecular flexibility index (Phi) is 4.77. The molecule has 1 aromatic rings. The number of phenols is 1. The third-order valence-corrected chi connectivity index (χ3v) is 3.47. The molecule has 0 spiro atoms. The molecule has 1 aliphatic rings. The van der Waals surface area contributed by atoms with Crippen LogP contribution in [0.15, 0.2) is 29.4 Å². The first-order chi connectivity index (χ1) is 10.0. The highest BCUT2D eigenvalue weighted by Gasteiger charge is 2.34. The summed E-state index contributed by atoms with van der Waals surface area (Å²) < 4.78 is 0. The molecule has 1 heterocycles. The van der Waals surface area contributed by atoms with E-state index in [1.54, 1.807) is 17.0 Å². The number of primary amides is 1. The van der Waals surface area contributed by atoms with E-state index in [2.05, 4.69) is 5.16 Å². The number of aliphatic hydroxyl groups is 1. The number of hydrogen-bond donors (Lipinski definition) is 3. The van der Waals surface area contributed by atoms with E-state index in [9.17, 15) is 15.0 Å². The van der Waals surface area contributed by atoms with Crippen LogP contribution in [0.3, 0.4) is 0 Å². The molecule has 7 heteroatoms. The molecule has 1 aliphatic heterocycles. The summed E-state index contributed by atoms with van der Waals surface area (Å²) in [5.41, 5.74) is 6.68. The molecule has 2 atom stereocenters. The molecule has 0 aliphatic carbocycles. The van der Waals surface area contributed by atoms with Crippen molar-refractivity contribution < 1.29 is 19.8 Å². The fourth-order valence-electron chi connectivity index (χ4n) is 2.49. The van der Waals surface area contributed by atoms with E-state index in [0.29, 0.717) is 24.2 Å². The van der Waals surface area contributed by atoms with Crippen LogP contribution in [0.1, 0.15) is 18.1 Å². The molecule has 2 unspecified atom stereocenters. The van der Waals surface area contributed by atoms with Gasteiger partial charge in [-0.25, -0.2) is 0 Å². The van der Waals surface area contributed by atoms with Gasteiger partial charge in [0, 0.05) is 19.5 Å². The van der Waals surface area contributed by atoms with Crippen LogP contribution >= 0.6 is 0 Å². The standard InChI is InChI=1S/C14H19N3O4/c1-21-16-10-6-12(14(15)20)17(7-10)8-13(19)9-3-2-4-11(18)5-9/h2-5,12-13,18-19H,6-8H2,1H3,(H2,15,20). The minimum absolute atomic E-state index is 0.0843. The number of nitrogens with zero attached hydrogens (tertiary/aromatic N) is 2. The van der Waals surface area contributed by atoms with Gasteiger partial charge in [0.25, 0.3) is 0 Å². The van der Waals surface area contributed by atoms with Crippen LogP contribution in [0.5, 0.6) is 5.75 Å². The Morgan fingerprint density at radius 1 is 1.62 bits per heavy atom. The van der Waals surface area contributed by atoms with Gasteiger partial charge in [-0.1, -0.05) is 17.3 Å². The fraction of sp³-hybridized carbons (Fsp3) is 0.429. The highest BCUT2D eigenvalue weighted by Crippen LogP contribution is 2.23. The normalized spacial score (nSPS) is 22.4. The van der Waals surface area contributed by atoms with Crippen LogP contribution in [-0.2, 0) is 9.63 Å². The second-order valence-electron chi connectivity index (χ2n) is 5.00. The first-order valence-corrected chi connectivity index (χ1v) is 6.60. The molecule has 114 valence electrons. The van der Waals surface area contributed by atoms with E-state index < -0.39 is 18.1 Å². The highest BCUT2D eigenvalue weighted by molar-refractivity contribution is 5.95. The lowest BCUT2D eigenvalue weighted by Gasteiger charge is -2.24. The third-order valence-electron chi connectivity index (χ3n) is 3.47. The van der Waals surface area contributed by atoms with E-state index in [1.807, 2.05) is 0 Å². The molecule has 2 rings (SSSR count). The summed E-state index contributed by atoms with van der Waals surface area (Å²) in [4.78, 5) is 18.0. The van der Waals surface area contributed by atoms with E-state index in [1.165, 1.54) is 19.2 Å². The third kappa shape index (κ3) is 3.71. The van der Waals surface area contributed by atoms with Crippen molar-refractivity contribution >= 4 is 11.6 Å². The molecule has 1 saturated heterocycles. The lowest BCUT2D eigenvalue weighted by molar-refractivity contribution is -0.122. The van der Waals surface area contributed by atoms with Crippen LogP contribution in [0.2, 0.25) is 0 Å². The second kappa shape index (κ2) is 6.55. The Morgan fingerprint density at radius 2 is 2.38 bits per heavy atom. The zero-order valence-electron chi connectivity index (χ0n) is 11.8. The number of carbonyl (C=O) groups excluding carboxylic acids is 1. The van der Waals surface area contributed by atoms with Crippen LogP contribution in [0, 0.1) is 0 Å². The Morgan fingerprint density at radius 3 is 3.00 bits per heavy atom. The predicted octanol–water partition coefficient (Wildman–Crippen LogP) is -0.0124. The van der Waals surface area contributed by atoms with Crippen molar-refractivity contribution in [3.05, 3.63) is 29.8 Å². The summed E-state index contributed by atoms with van der Waals surface area (Å²) in [6.45, 7) is 0.636. The number of likely N-dealkylation sites (tertiary alicyclic amines) is 1. The number of benzene rings is 1. The number of hydrogen-bond acceptors (Lipinski definition) is 6. The van der Waals surface area contributed by atoms with Crippen LogP contribution in [0.4, 0.5) is 0 Å². The summed E-state index contributed by atoms with van der Waals surface area (Å²) in [5, 5.41) is 23.5. The Labute approximate surface area is 122 Å². The summed E-state index contributed by atoms with van der Waals surface area (Å²) in [6, 6.07) is 5.88. The van der Waals surface area contributed by atoms with Crippen molar-refractivity contribution in [2.45, 2.75) is 18.6 Å². The quantitative estimate of drug-likeness (QED) is 0.662. The van der Waals surface area contributed by atoms with Gasteiger partial charge in [-0.2, -0.15) is 0 Å². The zero-order chi connectivity index (χ0) is 15.4. The maximum Gasteiger partial charge on any atom is 0.235 e. The first-order valence-electron chi connectivity index (χ1n) is 6.60. The number of carbonyl (C=O) groups is 1. The van der Waals surface area contributed by atoms with Crippen molar-refractivity contribution in [1.29, 1.82) is 0 Å². The van der Waals surface area contributed by atoms with Crippen molar-refractivity contribution in [3.63, 3.8) is 0 Å². The number of oxime groups is 1. The van der Waals surface area contributed by atoms with E-state index in [4.69, 9.17) is 10.6 Å². The second-order valence-corrected chi connectivity index (χ2v) is 5.00. The maximum absolute atomic E-state index is 11.5. The van der Waals surface area contributed by atoms with E-state index in [0.717, 1.165) is 0 Å². The number of β-amino-alcohol motifs (C(OH)–C–C–N with tert-alkyl or cyclic N) is 1. The monoisotopic (exact) mass is 293 g/mol. The molecule has 7 nitrogen and oxygen atoms in total. The molecule has 0 saturated carbocycles. The van der Waals surface area contributed by atoms with Gasteiger partial charge >= 0.3 is 0 Å². The molecule has 0 radical (unpaired) electrons. The number of nitrogens with two attached hydrogens (primary N) is 1. The van der Waals surface area contributed by atoms with Crippen molar-refractivity contribution in [1.82, 2.24) is 4.90 Å². The fourth-order valence-corrected chi connectivity index (χ4v) is 2.49. The van der Waals surface area contributed by atoms with Crippen molar-refractivity contribution in [2.75, 3.05) is 20.2 Å². The van der Waals surface area contributed by atoms with E-state index >= 15 is 0 Å². The maximum atomic E-state index is 11.5. The van der Waals surface area contributed by atoms with Gasteiger partial charge in [0.05, 0.1) is 17.9 Å². The van der Waals surface area contributed by atoms with E-state index in [-0.39, 0.29) is 12.3 Å². The van der Waals surface area contributed by atoms with Gasteiger partial charge in [-0.15, -0.1) is 0 Å². The summed E-state index contributed by atoms with van der Waals surface area (Å²) in [5.74, 6) is -0.375. The van der Waals surface area contributed by atoms with Gasteiger partial charge < -0.3 is 20.8 Å². The Hall–Kier alpha value is -2.12. The molecule has 0 bridgehead atoms. The summed E-state index contributed by atoms with van der Waals surface area (Å²) in [6.07, 6.45) is -0.434. The average molecular weight is 293 g/mol. The van der Waals surface area contributed by atoms with Gasteiger partial charge in [-0.3, -0.25) is 9.69 Å². The number of phenolic OH excluding ortho intramolecular Hbond substituents is 1. The number of amides is 1. The molecule has 1 amide bonds. The molecular weight excluding hydrogens is 274 g/mol. The Balaban J connectivity index is 2.09. The van der Waals surface area contributed by atoms with Gasteiger partial charge in [0.1, 0.15) is 12.9 Å². The lowest BCUT2D eigenvalue weighted by atomic mass is 10.1. The lowest BCUT2D eigenvalue weighted by Crippen LogP contribution is -2.42.